The van der Waals surface area contributed by atoms with Crippen LogP contribution < -0.4 is 5.32 Å². The van der Waals surface area contributed by atoms with Crippen molar-refractivity contribution >= 4 is 28.7 Å². The van der Waals surface area contributed by atoms with Gasteiger partial charge in [0.1, 0.15) is 0 Å². The maximum Gasteiger partial charge on any atom is 0.317 e. The fourth-order valence-corrected chi connectivity index (χ4v) is 3.57. The number of nitrogens with one attached hydrogen (secondary N) is 1. The van der Waals surface area contributed by atoms with Crippen molar-refractivity contribution in [3.05, 3.63) is 39.0 Å². The second kappa shape index (κ2) is 7.56. The molecule has 2 rings (SSSR count). The third-order valence-electron chi connectivity index (χ3n) is 3.36. The molecule has 21 heavy (non-hydrogen) atoms. The lowest BCUT2D eigenvalue weighted by Crippen LogP contribution is -2.40. The van der Waals surface area contributed by atoms with E-state index in [4.69, 9.17) is 0 Å². The number of carbonyl (C=O) groups excluding carboxylic acids is 1. The molecule has 0 aromatic carbocycles. The Hall–Kier alpha value is -1.40. The van der Waals surface area contributed by atoms with Crippen LogP contribution in [0.25, 0.3) is 0 Å². The van der Waals surface area contributed by atoms with Gasteiger partial charge in [0.2, 0.25) is 0 Å². The molecule has 0 spiro atoms. The first-order chi connectivity index (χ1) is 10.1. The van der Waals surface area contributed by atoms with Gasteiger partial charge in [0.25, 0.3) is 0 Å². The predicted octanol–water partition coefficient (Wildman–Crippen LogP) is 3.75. The highest BCUT2D eigenvalue weighted by Crippen LogP contribution is 2.20. The van der Waals surface area contributed by atoms with Crippen LogP contribution in [0, 0.1) is 0 Å². The average molecular weight is 323 g/mol. The molecule has 1 N–H and O–H groups in total. The SMILES string of the molecule is C[C@H](CN(C)C(=O)NC[C@H](C)c1cccs1)c1nccs1. The molecule has 0 aliphatic heterocycles. The fourth-order valence-electron chi connectivity index (χ4n) is 2.10. The maximum atomic E-state index is 12.1. The molecule has 0 fully saturated rings. The van der Waals surface area contributed by atoms with Crippen LogP contribution in [0.15, 0.2) is 29.1 Å². The molecule has 0 bridgehead atoms. The van der Waals surface area contributed by atoms with Gasteiger partial charge in [-0.2, -0.15) is 0 Å². The topological polar surface area (TPSA) is 45.2 Å². The van der Waals surface area contributed by atoms with Crippen LogP contribution in [0.4, 0.5) is 4.79 Å². The van der Waals surface area contributed by atoms with Crippen LogP contribution in [-0.2, 0) is 0 Å². The number of likely N-dealkylation sites (N-methyl/N-ethyl adjacent to an activating group) is 1. The molecule has 0 unspecified atom stereocenters. The van der Waals surface area contributed by atoms with Crippen LogP contribution in [0.2, 0.25) is 0 Å². The van der Waals surface area contributed by atoms with E-state index in [-0.39, 0.29) is 11.9 Å². The number of hydrogen-bond acceptors (Lipinski definition) is 4. The number of aromatic nitrogens is 1. The van der Waals surface area contributed by atoms with E-state index in [2.05, 4.69) is 35.6 Å². The van der Waals surface area contributed by atoms with E-state index in [0.717, 1.165) is 5.01 Å². The first-order valence-electron chi connectivity index (χ1n) is 6.99. The van der Waals surface area contributed by atoms with Crippen molar-refractivity contribution in [2.75, 3.05) is 20.1 Å². The first-order valence-corrected chi connectivity index (χ1v) is 8.75. The molecule has 0 aliphatic carbocycles. The molecule has 2 atom stereocenters. The monoisotopic (exact) mass is 323 g/mol. The van der Waals surface area contributed by atoms with Gasteiger partial charge in [-0.25, -0.2) is 9.78 Å². The fraction of sp³-hybridized carbons (Fsp3) is 0.467. The Labute approximate surface area is 133 Å². The van der Waals surface area contributed by atoms with E-state index in [0.29, 0.717) is 19.0 Å². The van der Waals surface area contributed by atoms with Gasteiger partial charge in [-0.05, 0) is 11.4 Å². The second-order valence-electron chi connectivity index (χ2n) is 5.25. The number of carbonyl (C=O) groups is 1. The molecule has 0 saturated heterocycles. The molecule has 2 aromatic rings. The van der Waals surface area contributed by atoms with Crippen molar-refractivity contribution in [3.8, 4) is 0 Å². The van der Waals surface area contributed by atoms with Gasteiger partial charge in [0, 0.05) is 48.4 Å². The maximum absolute atomic E-state index is 12.1. The van der Waals surface area contributed by atoms with Crippen LogP contribution in [0.5, 0.6) is 0 Å². The summed E-state index contributed by atoms with van der Waals surface area (Å²) >= 11 is 3.36. The summed E-state index contributed by atoms with van der Waals surface area (Å²) in [5, 5.41) is 8.10. The van der Waals surface area contributed by atoms with E-state index in [1.54, 1.807) is 33.8 Å². The second-order valence-corrected chi connectivity index (χ2v) is 7.16. The summed E-state index contributed by atoms with van der Waals surface area (Å²) in [6.07, 6.45) is 1.80. The van der Waals surface area contributed by atoms with Crippen molar-refractivity contribution < 1.29 is 4.79 Å². The van der Waals surface area contributed by atoms with Gasteiger partial charge in [-0.15, -0.1) is 22.7 Å². The first kappa shape index (κ1) is 16.0. The van der Waals surface area contributed by atoms with Crippen LogP contribution >= 0.6 is 22.7 Å². The molecule has 0 saturated carbocycles. The van der Waals surface area contributed by atoms with Crippen molar-refractivity contribution in [2.45, 2.75) is 25.7 Å². The lowest BCUT2D eigenvalue weighted by molar-refractivity contribution is 0.206. The van der Waals surface area contributed by atoms with Crippen molar-refractivity contribution in [3.63, 3.8) is 0 Å². The number of urea groups is 1. The zero-order chi connectivity index (χ0) is 15.2. The van der Waals surface area contributed by atoms with Gasteiger partial charge in [-0.3, -0.25) is 0 Å². The van der Waals surface area contributed by atoms with Gasteiger partial charge in [0.05, 0.1) is 5.01 Å². The van der Waals surface area contributed by atoms with Crippen LogP contribution in [0.1, 0.15) is 35.6 Å². The standard InChI is InChI=1S/C15H21N3OS2/c1-11(13-5-4-7-20-13)9-17-15(19)18(3)10-12(2)14-16-6-8-21-14/h4-8,11-12H,9-10H2,1-3H3,(H,17,19)/t11-,12+/m0/s1. The Kier molecular flexibility index (Phi) is 5.76. The molecule has 6 heteroatoms. The zero-order valence-electron chi connectivity index (χ0n) is 12.6. The quantitative estimate of drug-likeness (QED) is 0.880. The van der Waals surface area contributed by atoms with Crippen molar-refractivity contribution in [1.82, 2.24) is 15.2 Å². The Morgan fingerprint density at radius 1 is 1.33 bits per heavy atom. The molecule has 114 valence electrons. The van der Waals surface area contributed by atoms with E-state index in [1.807, 2.05) is 18.5 Å². The normalized spacial score (nSPS) is 13.7. The minimum atomic E-state index is -0.0261. The number of nitrogens with zero attached hydrogens (tertiary/aromatic N) is 2. The molecular weight excluding hydrogens is 302 g/mol. The number of amides is 2. The smallest absolute Gasteiger partial charge is 0.317 e. The summed E-state index contributed by atoms with van der Waals surface area (Å²) in [5.74, 6) is 0.606. The summed E-state index contributed by atoms with van der Waals surface area (Å²) < 4.78 is 0. The summed E-state index contributed by atoms with van der Waals surface area (Å²) in [5.41, 5.74) is 0. The van der Waals surface area contributed by atoms with Gasteiger partial charge < -0.3 is 10.2 Å². The molecule has 0 radical (unpaired) electrons. The van der Waals surface area contributed by atoms with E-state index >= 15 is 0 Å². The molecular formula is C15H21N3OS2. The molecule has 0 aliphatic rings. The number of thiazole rings is 1. The Balaban J connectivity index is 1.77. The van der Waals surface area contributed by atoms with E-state index in [9.17, 15) is 4.79 Å². The highest BCUT2D eigenvalue weighted by atomic mass is 32.1. The molecule has 4 nitrogen and oxygen atoms in total. The lowest BCUT2D eigenvalue weighted by Gasteiger charge is -2.22. The van der Waals surface area contributed by atoms with Crippen LogP contribution in [-0.4, -0.2) is 36.1 Å². The largest absolute Gasteiger partial charge is 0.337 e. The number of hydrogen-bond donors (Lipinski definition) is 1. The number of thiophene rings is 1. The summed E-state index contributed by atoms with van der Waals surface area (Å²) in [6, 6.07) is 4.12. The zero-order valence-corrected chi connectivity index (χ0v) is 14.2. The Bertz CT molecular complexity index is 539. The summed E-state index contributed by atoms with van der Waals surface area (Å²) in [4.78, 5) is 19.5. The highest BCUT2D eigenvalue weighted by molar-refractivity contribution is 7.10. The highest BCUT2D eigenvalue weighted by Gasteiger charge is 2.16. The summed E-state index contributed by atoms with van der Waals surface area (Å²) in [6.45, 7) is 5.56. The number of rotatable bonds is 6. The van der Waals surface area contributed by atoms with Crippen molar-refractivity contribution in [1.29, 1.82) is 0 Å². The van der Waals surface area contributed by atoms with Crippen molar-refractivity contribution in [2.24, 2.45) is 0 Å². The third kappa shape index (κ3) is 4.54. The van der Waals surface area contributed by atoms with Gasteiger partial charge in [-0.1, -0.05) is 19.9 Å². The summed E-state index contributed by atoms with van der Waals surface area (Å²) in [7, 11) is 1.83. The molecule has 2 heterocycles. The van der Waals surface area contributed by atoms with Crippen LogP contribution in [0.3, 0.4) is 0 Å². The molecule has 2 aromatic heterocycles. The van der Waals surface area contributed by atoms with Gasteiger partial charge in [0.15, 0.2) is 0 Å². The Morgan fingerprint density at radius 3 is 2.76 bits per heavy atom. The third-order valence-corrected chi connectivity index (χ3v) is 5.47. The minimum Gasteiger partial charge on any atom is -0.337 e. The minimum absolute atomic E-state index is 0.0261. The average Bonchev–Trinajstić information content (AvgIpc) is 3.15. The Morgan fingerprint density at radius 2 is 2.14 bits per heavy atom. The van der Waals surface area contributed by atoms with E-state index in [1.165, 1.54) is 4.88 Å². The van der Waals surface area contributed by atoms with Gasteiger partial charge >= 0.3 is 6.03 Å². The predicted molar refractivity (Wildman–Crippen MR) is 89.3 cm³/mol. The molecule has 2 amide bonds. The van der Waals surface area contributed by atoms with E-state index < -0.39 is 0 Å². The lowest BCUT2D eigenvalue weighted by atomic mass is 10.1.